The molecule has 0 bridgehead atoms. The quantitative estimate of drug-likeness (QED) is 0.618. The van der Waals surface area contributed by atoms with Gasteiger partial charge in [0.25, 0.3) is 0 Å². The van der Waals surface area contributed by atoms with Crippen molar-refractivity contribution >= 4 is 32.6 Å². The number of rotatable bonds is 3. The average molecular weight is 266 g/mol. The highest BCUT2D eigenvalue weighted by atomic mass is 79.9. The van der Waals surface area contributed by atoms with Gasteiger partial charge in [-0.05, 0) is 6.07 Å². The Morgan fingerprint density at radius 1 is 1.40 bits per heavy atom. The first-order valence-corrected chi connectivity index (χ1v) is 5.99. The van der Waals surface area contributed by atoms with Crippen molar-refractivity contribution in [1.82, 2.24) is 4.57 Å². The van der Waals surface area contributed by atoms with E-state index in [1.54, 1.807) is 0 Å². The second-order valence-corrected chi connectivity index (χ2v) is 4.33. The Kier molecular flexibility index (Phi) is 2.91. The molecule has 78 valence electrons. The predicted octanol–water partition coefficient (Wildman–Crippen LogP) is 3.15. The first-order chi connectivity index (χ1) is 7.24. The van der Waals surface area contributed by atoms with E-state index in [0.29, 0.717) is 6.42 Å². The van der Waals surface area contributed by atoms with E-state index in [1.165, 1.54) is 0 Å². The number of nitrogens with zero attached hydrogens (tertiary/aromatic N) is 1. The lowest BCUT2D eigenvalue weighted by atomic mass is 10.1. The molecule has 1 aromatic heterocycles. The fourth-order valence-electron chi connectivity index (χ4n) is 1.78. The lowest BCUT2D eigenvalue weighted by Crippen LogP contribution is -1.98. The van der Waals surface area contributed by atoms with E-state index in [2.05, 4.69) is 15.9 Å². The molecule has 0 fully saturated rings. The fraction of sp³-hybridized carbons (Fsp3) is 0.250. The standard InChI is InChI=1S/C12H12BrNO/c1-14-8-10(12(15)6-7-13)9-4-2-3-5-11(9)14/h2-5,8H,6-7H2,1H3. The fourth-order valence-corrected chi connectivity index (χ4v) is 2.14. The summed E-state index contributed by atoms with van der Waals surface area (Å²) in [5.41, 5.74) is 1.93. The third-order valence-corrected chi connectivity index (χ3v) is 2.92. The third kappa shape index (κ3) is 1.84. The number of benzene rings is 1. The highest BCUT2D eigenvalue weighted by Crippen LogP contribution is 2.21. The van der Waals surface area contributed by atoms with Crippen LogP contribution in [0.1, 0.15) is 16.8 Å². The number of halogens is 1. The van der Waals surface area contributed by atoms with Gasteiger partial charge in [0.2, 0.25) is 0 Å². The third-order valence-electron chi connectivity index (χ3n) is 2.52. The summed E-state index contributed by atoms with van der Waals surface area (Å²) in [5.74, 6) is 0.198. The lowest BCUT2D eigenvalue weighted by Gasteiger charge is -1.95. The van der Waals surface area contributed by atoms with Crippen LogP contribution < -0.4 is 0 Å². The summed E-state index contributed by atoms with van der Waals surface area (Å²) in [7, 11) is 1.97. The van der Waals surface area contributed by atoms with Crippen LogP contribution in [0.15, 0.2) is 30.5 Å². The largest absolute Gasteiger partial charge is 0.350 e. The minimum Gasteiger partial charge on any atom is -0.350 e. The van der Waals surface area contributed by atoms with Gasteiger partial charge in [-0.1, -0.05) is 34.1 Å². The number of hydrogen-bond donors (Lipinski definition) is 0. The van der Waals surface area contributed by atoms with Crippen LogP contribution in [0, 0.1) is 0 Å². The van der Waals surface area contributed by atoms with Gasteiger partial charge in [0.15, 0.2) is 5.78 Å². The maximum absolute atomic E-state index is 11.8. The number of carbonyl (C=O) groups excluding carboxylic acids is 1. The molecule has 0 atom stereocenters. The molecule has 2 aromatic rings. The summed E-state index contributed by atoms with van der Waals surface area (Å²) in [4.78, 5) is 11.8. The van der Waals surface area contributed by atoms with Gasteiger partial charge < -0.3 is 4.57 Å². The molecule has 0 N–H and O–H groups in total. The van der Waals surface area contributed by atoms with Crippen LogP contribution >= 0.6 is 15.9 Å². The van der Waals surface area contributed by atoms with Crippen molar-refractivity contribution in [2.24, 2.45) is 7.05 Å². The normalized spacial score (nSPS) is 10.8. The van der Waals surface area contributed by atoms with E-state index < -0.39 is 0 Å². The molecule has 1 aromatic carbocycles. The second kappa shape index (κ2) is 4.19. The van der Waals surface area contributed by atoms with Crippen molar-refractivity contribution < 1.29 is 4.79 Å². The molecular formula is C12H12BrNO. The van der Waals surface area contributed by atoms with Gasteiger partial charge in [-0.25, -0.2) is 0 Å². The molecule has 15 heavy (non-hydrogen) atoms. The Labute approximate surface area is 97.0 Å². The number of aryl methyl sites for hydroxylation is 1. The summed E-state index contributed by atoms with van der Waals surface area (Å²) >= 11 is 3.29. The SMILES string of the molecule is Cn1cc(C(=O)CCBr)c2ccccc21. The molecule has 0 amide bonds. The van der Waals surface area contributed by atoms with Crippen LogP contribution in [0.4, 0.5) is 0 Å². The maximum atomic E-state index is 11.8. The summed E-state index contributed by atoms with van der Waals surface area (Å²) in [6.45, 7) is 0. The molecule has 0 unspecified atom stereocenters. The van der Waals surface area contributed by atoms with Crippen molar-refractivity contribution in [3.8, 4) is 0 Å². The zero-order valence-electron chi connectivity index (χ0n) is 8.53. The summed E-state index contributed by atoms with van der Waals surface area (Å²) in [6.07, 6.45) is 2.46. The Morgan fingerprint density at radius 2 is 2.13 bits per heavy atom. The van der Waals surface area contributed by atoms with Crippen LogP contribution in [0.3, 0.4) is 0 Å². The number of aromatic nitrogens is 1. The van der Waals surface area contributed by atoms with Gasteiger partial charge in [-0.2, -0.15) is 0 Å². The van der Waals surface area contributed by atoms with Gasteiger partial charge in [-0.15, -0.1) is 0 Å². The van der Waals surface area contributed by atoms with Crippen LogP contribution in [0.2, 0.25) is 0 Å². The van der Waals surface area contributed by atoms with Crippen molar-refractivity contribution in [3.05, 3.63) is 36.0 Å². The molecule has 0 radical (unpaired) electrons. The van der Waals surface area contributed by atoms with Crippen molar-refractivity contribution in [2.75, 3.05) is 5.33 Å². The zero-order valence-corrected chi connectivity index (χ0v) is 10.1. The van der Waals surface area contributed by atoms with E-state index in [-0.39, 0.29) is 5.78 Å². The molecule has 0 saturated carbocycles. The minimum absolute atomic E-state index is 0.198. The highest BCUT2D eigenvalue weighted by molar-refractivity contribution is 9.09. The first kappa shape index (κ1) is 10.4. The van der Waals surface area contributed by atoms with E-state index in [0.717, 1.165) is 21.8 Å². The molecule has 0 aliphatic heterocycles. The molecular weight excluding hydrogens is 254 g/mol. The minimum atomic E-state index is 0.198. The number of fused-ring (bicyclic) bond motifs is 1. The van der Waals surface area contributed by atoms with Crippen LogP contribution in [-0.4, -0.2) is 15.7 Å². The van der Waals surface area contributed by atoms with Gasteiger partial charge in [-0.3, -0.25) is 4.79 Å². The van der Waals surface area contributed by atoms with Crippen LogP contribution in [-0.2, 0) is 7.05 Å². The number of ketones is 1. The smallest absolute Gasteiger partial charge is 0.165 e. The maximum Gasteiger partial charge on any atom is 0.165 e. The Morgan fingerprint density at radius 3 is 2.87 bits per heavy atom. The van der Waals surface area contributed by atoms with E-state index in [9.17, 15) is 4.79 Å². The Bertz CT molecular complexity index is 501. The molecule has 3 heteroatoms. The molecule has 0 aliphatic carbocycles. The number of carbonyl (C=O) groups is 1. The molecule has 2 nitrogen and oxygen atoms in total. The average Bonchev–Trinajstić information content (AvgIpc) is 2.58. The molecule has 1 heterocycles. The molecule has 0 saturated heterocycles. The van der Waals surface area contributed by atoms with E-state index in [4.69, 9.17) is 0 Å². The zero-order chi connectivity index (χ0) is 10.8. The van der Waals surface area contributed by atoms with E-state index in [1.807, 2.05) is 42.1 Å². The van der Waals surface area contributed by atoms with Gasteiger partial charge in [0.1, 0.15) is 0 Å². The second-order valence-electron chi connectivity index (χ2n) is 3.53. The van der Waals surface area contributed by atoms with Gasteiger partial charge in [0, 0.05) is 41.5 Å². The molecule has 0 aliphatic rings. The van der Waals surface area contributed by atoms with Crippen LogP contribution in [0.25, 0.3) is 10.9 Å². The number of hydrogen-bond acceptors (Lipinski definition) is 1. The first-order valence-electron chi connectivity index (χ1n) is 4.87. The molecule has 2 rings (SSSR count). The summed E-state index contributed by atoms with van der Waals surface area (Å²) in [5, 5.41) is 1.76. The highest BCUT2D eigenvalue weighted by Gasteiger charge is 2.12. The van der Waals surface area contributed by atoms with Gasteiger partial charge >= 0.3 is 0 Å². The Hall–Kier alpha value is -1.09. The van der Waals surface area contributed by atoms with Crippen LogP contribution in [0.5, 0.6) is 0 Å². The monoisotopic (exact) mass is 265 g/mol. The van der Waals surface area contributed by atoms with Gasteiger partial charge in [0.05, 0.1) is 0 Å². The molecule has 0 spiro atoms. The van der Waals surface area contributed by atoms with E-state index >= 15 is 0 Å². The van der Waals surface area contributed by atoms with Crippen molar-refractivity contribution in [1.29, 1.82) is 0 Å². The number of alkyl halides is 1. The topological polar surface area (TPSA) is 22.0 Å². The number of Topliss-reactive ketones (excluding diaryl/α,β-unsaturated/α-hetero) is 1. The van der Waals surface area contributed by atoms with Crippen molar-refractivity contribution in [3.63, 3.8) is 0 Å². The van der Waals surface area contributed by atoms with Crippen molar-refractivity contribution in [2.45, 2.75) is 6.42 Å². The number of para-hydroxylation sites is 1. The summed E-state index contributed by atoms with van der Waals surface area (Å²) in [6, 6.07) is 7.98. The summed E-state index contributed by atoms with van der Waals surface area (Å²) < 4.78 is 2.00. The Balaban J connectivity index is 2.57. The lowest BCUT2D eigenvalue weighted by molar-refractivity contribution is 0.0991. The predicted molar refractivity (Wildman–Crippen MR) is 65.7 cm³/mol.